The molecule has 0 unspecified atom stereocenters. The lowest BCUT2D eigenvalue weighted by molar-refractivity contribution is 0.198. The van der Waals surface area contributed by atoms with E-state index in [4.69, 9.17) is 11.6 Å². The van der Waals surface area contributed by atoms with Gasteiger partial charge in [-0.3, -0.25) is 4.72 Å². The second-order valence-corrected chi connectivity index (χ2v) is 8.41. The predicted octanol–water partition coefficient (Wildman–Crippen LogP) is 5.29. The summed E-state index contributed by atoms with van der Waals surface area (Å²) in [6.45, 7) is 0. The van der Waals surface area contributed by atoms with Gasteiger partial charge < -0.3 is 5.11 Å². The van der Waals surface area contributed by atoms with Gasteiger partial charge in [0.25, 0.3) is 10.0 Å². The SMILES string of the molecule is O=C(O)n1c(-c2ccc(Cl)c(NS(=O)(=O)c3ccccc3)c2)cc2ccccc21. The molecule has 0 atom stereocenters. The topological polar surface area (TPSA) is 88.4 Å². The van der Waals surface area contributed by atoms with Crippen LogP contribution >= 0.6 is 11.6 Å². The van der Waals surface area contributed by atoms with E-state index in [1.807, 2.05) is 12.1 Å². The van der Waals surface area contributed by atoms with Gasteiger partial charge in [0.15, 0.2) is 0 Å². The van der Waals surface area contributed by atoms with Gasteiger partial charge in [0.05, 0.1) is 26.8 Å². The minimum absolute atomic E-state index is 0.0983. The Bertz CT molecular complexity index is 1330. The zero-order valence-electron chi connectivity index (χ0n) is 14.9. The van der Waals surface area contributed by atoms with Crippen molar-refractivity contribution >= 4 is 44.3 Å². The first-order chi connectivity index (χ1) is 13.9. The van der Waals surface area contributed by atoms with Crippen molar-refractivity contribution < 1.29 is 18.3 Å². The molecule has 4 aromatic rings. The van der Waals surface area contributed by atoms with E-state index in [9.17, 15) is 18.3 Å². The fourth-order valence-corrected chi connectivity index (χ4v) is 4.45. The number of anilines is 1. The molecule has 0 saturated carbocycles. The number of fused-ring (bicyclic) bond motifs is 1. The van der Waals surface area contributed by atoms with Gasteiger partial charge in [0.2, 0.25) is 0 Å². The number of halogens is 1. The van der Waals surface area contributed by atoms with E-state index in [1.54, 1.807) is 42.5 Å². The molecule has 1 heterocycles. The number of rotatable bonds is 4. The molecular formula is C21H15ClN2O4S. The summed E-state index contributed by atoms with van der Waals surface area (Å²) in [6.07, 6.45) is -1.14. The maximum absolute atomic E-state index is 12.6. The molecule has 3 aromatic carbocycles. The van der Waals surface area contributed by atoms with Crippen molar-refractivity contribution in [2.45, 2.75) is 4.90 Å². The summed E-state index contributed by atoms with van der Waals surface area (Å²) < 4.78 is 28.9. The number of nitrogens with one attached hydrogen (secondary N) is 1. The quantitative estimate of drug-likeness (QED) is 0.464. The normalized spacial score (nSPS) is 11.5. The Morgan fingerprint density at radius 1 is 0.931 bits per heavy atom. The molecule has 0 bridgehead atoms. The van der Waals surface area contributed by atoms with Crippen LogP contribution in [0, 0.1) is 0 Å². The lowest BCUT2D eigenvalue weighted by Gasteiger charge is -2.12. The highest BCUT2D eigenvalue weighted by atomic mass is 35.5. The zero-order valence-corrected chi connectivity index (χ0v) is 16.5. The third-order valence-electron chi connectivity index (χ3n) is 4.46. The molecule has 29 heavy (non-hydrogen) atoms. The number of carbonyl (C=O) groups is 1. The second kappa shape index (κ2) is 7.27. The lowest BCUT2D eigenvalue weighted by atomic mass is 10.1. The molecule has 0 aliphatic carbocycles. The predicted molar refractivity (Wildman–Crippen MR) is 113 cm³/mol. The van der Waals surface area contributed by atoms with E-state index in [-0.39, 0.29) is 15.6 Å². The lowest BCUT2D eigenvalue weighted by Crippen LogP contribution is -2.13. The van der Waals surface area contributed by atoms with Gasteiger partial charge in [-0.2, -0.15) is 0 Å². The molecule has 0 radical (unpaired) electrons. The van der Waals surface area contributed by atoms with Crippen LogP contribution in [0.1, 0.15) is 0 Å². The summed E-state index contributed by atoms with van der Waals surface area (Å²) in [4.78, 5) is 12.0. The molecule has 0 amide bonds. The molecule has 0 spiro atoms. The first-order valence-corrected chi connectivity index (χ1v) is 10.4. The van der Waals surface area contributed by atoms with Crippen molar-refractivity contribution in [1.82, 2.24) is 4.57 Å². The average molecular weight is 427 g/mol. The molecule has 0 aliphatic rings. The van der Waals surface area contributed by atoms with Crippen LogP contribution in [0.2, 0.25) is 5.02 Å². The maximum Gasteiger partial charge on any atom is 0.416 e. The van der Waals surface area contributed by atoms with E-state index in [0.29, 0.717) is 16.8 Å². The molecule has 0 aliphatic heterocycles. The maximum atomic E-state index is 12.6. The molecule has 4 rings (SSSR count). The molecule has 2 N–H and O–H groups in total. The molecular weight excluding hydrogens is 412 g/mol. The summed E-state index contributed by atoms with van der Waals surface area (Å²) in [5, 5.41) is 10.7. The number of sulfonamides is 1. The van der Waals surface area contributed by atoms with Gasteiger partial charge in [0.1, 0.15) is 0 Å². The van der Waals surface area contributed by atoms with Crippen molar-refractivity contribution in [3.05, 3.63) is 83.9 Å². The first kappa shape index (κ1) is 19.0. The number of para-hydroxylation sites is 1. The minimum Gasteiger partial charge on any atom is -0.464 e. The largest absolute Gasteiger partial charge is 0.464 e. The van der Waals surface area contributed by atoms with E-state index >= 15 is 0 Å². The number of hydrogen-bond acceptors (Lipinski definition) is 3. The van der Waals surface area contributed by atoms with Crippen molar-refractivity contribution in [2.24, 2.45) is 0 Å². The van der Waals surface area contributed by atoms with Gasteiger partial charge in [-0.15, -0.1) is 0 Å². The Morgan fingerprint density at radius 2 is 1.62 bits per heavy atom. The minimum atomic E-state index is -3.84. The summed E-state index contributed by atoms with van der Waals surface area (Å²) >= 11 is 6.21. The van der Waals surface area contributed by atoms with E-state index in [1.165, 1.54) is 24.3 Å². The van der Waals surface area contributed by atoms with Crippen molar-refractivity contribution in [3.63, 3.8) is 0 Å². The van der Waals surface area contributed by atoms with Crippen molar-refractivity contribution in [1.29, 1.82) is 0 Å². The van der Waals surface area contributed by atoms with Gasteiger partial charge in [-0.25, -0.2) is 17.8 Å². The molecule has 1 aromatic heterocycles. The zero-order chi connectivity index (χ0) is 20.6. The van der Waals surface area contributed by atoms with Crippen LogP contribution in [0.4, 0.5) is 10.5 Å². The van der Waals surface area contributed by atoms with Crippen LogP contribution in [0.15, 0.2) is 83.8 Å². The fourth-order valence-electron chi connectivity index (χ4n) is 3.14. The van der Waals surface area contributed by atoms with Gasteiger partial charge >= 0.3 is 6.09 Å². The Labute approximate surface area is 172 Å². The summed E-state index contributed by atoms with van der Waals surface area (Å²) in [6, 6.07) is 21.5. The van der Waals surface area contributed by atoms with Crippen LogP contribution in [0.25, 0.3) is 22.2 Å². The number of benzene rings is 3. The molecule has 6 nitrogen and oxygen atoms in total. The van der Waals surface area contributed by atoms with E-state index in [0.717, 1.165) is 9.95 Å². The Balaban J connectivity index is 1.82. The molecule has 8 heteroatoms. The second-order valence-electron chi connectivity index (χ2n) is 6.32. The average Bonchev–Trinajstić information content (AvgIpc) is 3.10. The van der Waals surface area contributed by atoms with Gasteiger partial charge in [-0.1, -0.05) is 54.1 Å². The standard InChI is InChI=1S/C21H15ClN2O4S/c22-17-11-10-15(12-18(17)23-29(27,28)16-7-2-1-3-8-16)20-13-14-6-4-5-9-19(14)24(20)21(25)26/h1-13,23H,(H,25,26). The van der Waals surface area contributed by atoms with Crippen molar-refractivity contribution in [3.8, 4) is 11.3 Å². The summed E-state index contributed by atoms with van der Waals surface area (Å²) in [5.41, 5.74) is 1.63. The highest BCUT2D eigenvalue weighted by Gasteiger charge is 2.19. The van der Waals surface area contributed by atoms with E-state index in [2.05, 4.69) is 4.72 Å². The van der Waals surface area contributed by atoms with Crippen molar-refractivity contribution in [2.75, 3.05) is 4.72 Å². The number of hydrogen-bond donors (Lipinski definition) is 2. The van der Waals surface area contributed by atoms with Gasteiger partial charge in [-0.05, 0) is 36.4 Å². The number of aromatic nitrogens is 1. The Kier molecular flexibility index (Phi) is 4.77. The molecule has 146 valence electrons. The van der Waals surface area contributed by atoms with Gasteiger partial charge in [0, 0.05) is 10.9 Å². The Morgan fingerprint density at radius 3 is 2.34 bits per heavy atom. The fraction of sp³-hybridized carbons (Fsp3) is 0. The third kappa shape index (κ3) is 3.57. The van der Waals surface area contributed by atoms with Crippen LogP contribution in [0.5, 0.6) is 0 Å². The van der Waals surface area contributed by atoms with Crippen LogP contribution in [-0.4, -0.2) is 24.2 Å². The van der Waals surface area contributed by atoms with E-state index < -0.39 is 16.1 Å². The third-order valence-corrected chi connectivity index (χ3v) is 6.17. The first-order valence-electron chi connectivity index (χ1n) is 8.58. The Hall–Kier alpha value is -3.29. The highest BCUT2D eigenvalue weighted by molar-refractivity contribution is 7.92. The molecule has 0 saturated heterocycles. The smallest absolute Gasteiger partial charge is 0.416 e. The number of carboxylic acid groups (broad SMARTS) is 1. The van der Waals surface area contributed by atoms with Crippen LogP contribution in [0.3, 0.4) is 0 Å². The highest BCUT2D eigenvalue weighted by Crippen LogP contribution is 2.33. The number of nitrogens with zero attached hydrogens (tertiary/aromatic N) is 1. The van der Waals surface area contributed by atoms with Crippen LogP contribution in [-0.2, 0) is 10.0 Å². The monoisotopic (exact) mass is 426 g/mol. The summed E-state index contributed by atoms with van der Waals surface area (Å²) in [7, 11) is -3.84. The molecule has 0 fully saturated rings. The summed E-state index contributed by atoms with van der Waals surface area (Å²) in [5.74, 6) is 0. The van der Waals surface area contributed by atoms with Crippen LogP contribution < -0.4 is 4.72 Å².